The van der Waals surface area contributed by atoms with Crippen LogP contribution in [0.1, 0.15) is 0 Å². The molecule has 0 saturated heterocycles. The Labute approximate surface area is 335 Å². The molecule has 0 aliphatic rings. The fraction of sp³-hybridized carbons (Fsp3) is 0. The van der Waals surface area contributed by atoms with Crippen LogP contribution in [0.2, 0.25) is 0 Å². The Morgan fingerprint density at radius 2 is 0.912 bits per heavy atom. The summed E-state index contributed by atoms with van der Waals surface area (Å²) in [5, 5.41) is 4.70. The first kappa shape index (κ1) is 33.2. The third kappa shape index (κ3) is 5.71. The minimum Gasteiger partial charge on any atom is -0.455 e. The third-order valence-corrected chi connectivity index (χ3v) is 12.2. The minimum absolute atomic E-state index is 0.867. The second-order valence-electron chi connectivity index (χ2n) is 14.4. The summed E-state index contributed by atoms with van der Waals surface area (Å²) < 4.78 is 9.38. The predicted octanol–water partition coefficient (Wildman–Crippen LogP) is 16.1. The maximum Gasteiger partial charge on any atom is 0.145 e. The molecule has 57 heavy (non-hydrogen) atoms. The van der Waals surface area contributed by atoms with E-state index in [1.807, 2.05) is 11.3 Å². The van der Waals surface area contributed by atoms with Gasteiger partial charge in [-0.15, -0.1) is 11.3 Å². The first-order valence-electron chi connectivity index (χ1n) is 19.3. The van der Waals surface area contributed by atoms with Gasteiger partial charge in [-0.3, -0.25) is 0 Å². The van der Waals surface area contributed by atoms with E-state index in [1.165, 1.54) is 31.3 Å². The Bertz CT molecular complexity index is 3160. The molecule has 11 aromatic rings. The molecule has 11 rings (SSSR count). The second-order valence-corrected chi connectivity index (χ2v) is 15.5. The van der Waals surface area contributed by atoms with Crippen LogP contribution >= 0.6 is 11.3 Å². The van der Waals surface area contributed by atoms with Gasteiger partial charge in [-0.2, -0.15) is 0 Å². The topological polar surface area (TPSA) is 16.4 Å². The van der Waals surface area contributed by atoms with Crippen LogP contribution in [0.4, 0.5) is 17.1 Å². The van der Waals surface area contributed by atoms with E-state index < -0.39 is 0 Å². The summed E-state index contributed by atoms with van der Waals surface area (Å²) in [7, 11) is 0. The van der Waals surface area contributed by atoms with Crippen molar-refractivity contribution in [3.8, 4) is 44.5 Å². The number of nitrogens with zero attached hydrogens (tertiary/aromatic N) is 1. The molecule has 268 valence electrons. The van der Waals surface area contributed by atoms with Gasteiger partial charge in [0.25, 0.3) is 0 Å². The molecule has 0 saturated carbocycles. The van der Waals surface area contributed by atoms with E-state index >= 15 is 0 Å². The number of para-hydroxylation sites is 2. The summed E-state index contributed by atoms with van der Waals surface area (Å²) in [5.74, 6) is 0. The smallest absolute Gasteiger partial charge is 0.145 e. The van der Waals surface area contributed by atoms with Gasteiger partial charge in [0.05, 0.1) is 16.8 Å². The van der Waals surface area contributed by atoms with Gasteiger partial charge in [-0.05, 0) is 64.2 Å². The van der Waals surface area contributed by atoms with Crippen LogP contribution in [-0.4, -0.2) is 0 Å². The molecule has 2 heterocycles. The first-order chi connectivity index (χ1) is 28.3. The molecule has 0 aliphatic carbocycles. The molecule has 2 nitrogen and oxygen atoms in total. The number of hydrogen-bond acceptors (Lipinski definition) is 3. The van der Waals surface area contributed by atoms with Crippen LogP contribution in [0.25, 0.3) is 86.6 Å². The third-order valence-electron chi connectivity index (χ3n) is 11.1. The minimum atomic E-state index is 0.867. The van der Waals surface area contributed by atoms with Crippen molar-refractivity contribution in [3.63, 3.8) is 0 Å². The summed E-state index contributed by atoms with van der Waals surface area (Å²) in [6, 6.07) is 76.3. The van der Waals surface area contributed by atoms with Gasteiger partial charge in [0, 0.05) is 47.9 Å². The van der Waals surface area contributed by atoms with Crippen molar-refractivity contribution >= 4 is 70.5 Å². The van der Waals surface area contributed by atoms with Crippen molar-refractivity contribution in [3.05, 3.63) is 212 Å². The quantitative estimate of drug-likeness (QED) is 0.162. The highest BCUT2D eigenvalue weighted by atomic mass is 32.1. The first-order valence-corrected chi connectivity index (χ1v) is 20.2. The van der Waals surface area contributed by atoms with Gasteiger partial charge in [-0.25, -0.2) is 0 Å². The molecule has 9 aromatic carbocycles. The molecule has 0 spiro atoms. The van der Waals surface area contributed by atoms with Crippen LogP contribution < -0.4 is 4.90 Å². The molecule has 0 atom stereocenters. The Balaban J connectivity index is 1.23. The molecule has 0 unspecified atom stereocenters. The molecule has 0 aliphatic heterocycles. The van der Waals surface area contributed by atoms with Gasteiger partial charge >= 0.3 is 0 Å². The zero-order chi connectivity index (χ0) is 37.7. The molecular formula is C54H35NOS. The van der Waals surface area contributed by atoms with Gasteiger partial charge in [-0.1, -0.05) is 176 Å². The molecule has 0 amide bonds. The average Bonchev–Trinajstić information content (AvgIpc) is 3.86. The fourth-order valence-electron chi connectivity index (χ4n) is 8.43. The summed E-state index contributed by atoms with van der Waals surface area (Å²) in [6.07, 6.45) is 0. The summed E-state index contributed by atoms with van der Waals surface area (Å²) >= 11 is 1.86. The molecule has 0 bridgehead atoms. The number of fused-ring (bicyclic) bond motifs is 6. The van der Waals surface area contributed by atoms with Gasteiger partial charge < -0.3 is 9.32 Å². The maximum atomic E-state index is 6.86. The number of thiophene rings is 1. The van der Waals surface area contributed by atoms with E-state index in [9.17, 15) is 0 Å². The highest BCUT2D eigenvalue weighted by Crippen LogP contribution is 2.52. The Kier molecular flexibility index (Phi) is 8.04. The standard InChI is InChI=1S/C54H35NOS/c1-5-16-36(17-6-1)40-28-30-45-46-31-29-41(35-51(46)57-50(45)34-40)55(53-42(37-18-7-2-8-19-37)25-15-26-43(53)38-20-9-3-10-21-38)48-33-32-44(39-22-11-4-12-23-39)54-52(48)47-24-13-14-27-49(47)56-54/h1-35H. The number of anilines is 3. The summed E-state index contributed by atoms with van der Waals surface area (Å²) in [5.41, 5.74) is 14.2. The van der Waals surface area contributed by atoms with E-state index in [0.717, 1.165) is 72.4 Å². The number of furan rings is 1. The zero-order valence-corrected chi connectivity index (χ0v) is 31.8. The lowest BCUT2D eigenvalue weighted by Crippen LogP contribution is -2.13. The molecule has 2 aromatic heterocycles. The van der Waals surface area contributed by atoms with Crippen LogP contribution in [0.5, 0.6) is 0 Å². The predicted molar refractivity (Wildman–Crippen MR) is 243 cm³/mol. The van der Waals surface area contributed by atoms with Crippen molar-refractivity contribution in [1.29, 1.82) is 0 Å². The van der Waals surface area contributed by atoms with Crippen LogP contribution in [0.3, 0.4) is 0 Å². The van der Waals surface area contributed by atoms with Crippen LogP contribution in [0.15, 0.2) is 217 Å². The number of rotatable bonds is 7. The lowest BCUT2D eigenvalue weighted by atomic mass is 9.93. The van der Waals surface area contributed by atoms with Gasteiger partial charge in [0.1, 0.15) is 11.2 Å². The number of benzene rings is 9. The highest BCUT2D eigenvalue weighted by molar-refractivity contribution is 7.25. The van der Waals surface area contributed by atoms with E-state index in [-0.39, 0.29) is 0 Å². The normalized spacial score (nSPS) is 11.5. The Morgan fingerprint density at radius 1 is 0.368 bits per heavy atom. The lowest BCUT2D eigenvalue weighted by Gasteiger charge is -2.31. The van der Waals surface area contributed by atoms with E-state index in [2.05, 4.69) is 217 Å². The van der Waals surface area contributed by atoms with E-state index in [4.69, 9.17) is 4.42 Å². The van der Waals surface area contributed by atoms with Gasteiger partial charge in [0.15, 0.2) is 0 Å². The number of hydrogen-bond donors (Lipinski definition) is 0. The van der Waals surface area contributed by atoms with E-state index in [1.54, 1.807) is 0 Å². The monoisotopic (exact) mass is 745 g/mol. The van der Waals surface area contributed by atoms with Crippen LogP contribution in [-0.2, 0) is 0 Å². The molecule has 0 radical (unpaired) electrons. The molecule has 3 heteroatoms. The largest absolute Gasteiger partial charge is 0.455 e. The highest BCUT2D eigenvalue weighted by Gasteiger charge is 2.27. The second kappa shape index (κ2) is 13.8. The SMILES string of the molecule is c1ccc(-c2ccc3c(c2)sc2cc(N(c4c(-c5ccccc5)cccc4-c4ccccc4)c4ccc(-c5ccccc5)c5oc6ccccc6c45)ccc23)cc1. The van der Waals surface area contributed by atoms with Crippen molar-refractivity contribution in [2.24, 2.45) is 0 Å². The van der Waals surface area contributed by atoms with Crippen LogP contribution in [0, 0.1) is 0 Å². The fourth-order valence-corrected chi connectivity index (χ4v) is 9.61. The molecule has 0 N–H and O–H groups in total. The summed E-state index contributed by atoms with van der Waals surface area (Å²) in [6.45, 7) is 0. The zero-order valence-electron chi connectivity index (χ0n) is 31.0. The van der Waals surface area contributed by atoms with Crippen molar-refractivity contribution in [1.82, 2.24) is 0 Å². The average molecular weight is 746 g/mol. The van der Waals surface area contributed by atoms with Crippen molar-refractivity contribution in [2.45, 2.75) is 0 Å². The molecular weight excluding hydrogens is 711 g/mol. The lowest BCUT2D eigenvalue weighted by molar-refractivity contribution is 0.670. The Morgan fingerprint density at radius 3 is 1.56 bits per heavy atom. The van der Waals surface area contributed by atoms with Crippen molar-refractivity contribution in [2.75, 3.05) is 4.90 Å². The maximum absolute atomic E-state index is 6.86. The molecule has 0 fully saturated rings. The van der Waals surface area contributed by atoms with Crippen molar-refractivity contribution < 1.29 is 4.42 Å². The Hall–Kier alpha value is -7.20. The summed E-state index contributed by atoms with van der Waals surface area (Å²) in [4.78, 5) is 2.49. The van der Waals surface area contributed by atoms with E-state index in [0.29, 0.717) is 0 Å². The van der Waals surface area contributed by atoms with Gasteiger partial charge in [0.2, 0.25) is 0 Å².